The third-order valence-corrected chi connectivity index (χ3v) is 5.54. The lowest BCUT2D eigenvalue weighted by Crippen LogP contribution is -2.58. The highest BCUT2D eigenvalue weighted by Crippen LogP contribution is 2.33. The van der Waals surface area contributed by atoms with E-state index in [0.717, 1.165) is 31.5 Å². The molecule has 1 saturated heterocycles. The Morgan fingerprint density at radius 3 is 2.48 bits per heavy atom. The molecule has 0 amide bonds. The second-order valence-corrected chi connectivity index (χ2v) is 6.92. The molecule has 0 bridgehead atoms. The van der Waals surface area contributed by atoms with Crippen LogP contribution in [-0.4, -0.2) is 53.2 Å². The Bertz CT molecular complexity index is 478. The quantitative estimate of drug-likeness (QED) is 0.804. The van der Waals surface area contributed by atoms with Gasteiger partial charge in [0, 0.05) is 31.2 Å². The molecule has 2 aliphatic rings. The van der Waals surface area contributed by atoms with E-state index in [0.29, 0.717) is 12.1 Å². The number of hydrogen-bond donors (Lipinski definition) is 1. The summed E-state index contributed by atoms with van der Waals surface area (Å²) >= 11 is 0. The van der Waals surface area contributed by atoms with Crippen molar-refractivity contribution in [3.63, 3.8) is 0 Å². The first kappa shape index (κ1) is 15.0. The van der Waals surface area contributed by atoms with Crippen LogP contribution in [-0.2, 0) is 6.42 Å². The Labute approximate surface area is 128 Å². The largest absolute Gasteiger partial charge is 0.387 e. The van der Waals surface area contributed by atoms with Gasteiger partial charge in [-0.1, -0.05) is 24.3 Å². The number of benzene rings is 1. The summed E-state index contributed by atoms with van der Waals surface area (Å²) in [6.07, 6.45) is 3.03. The Morgan fingerprint density at radius 2 is 1.76 bits per heavy atom. The molecule has 1 N–H and O–H groups in total. The maximum atomic E-state index is 10.9. The predicted molar refractivity (Wildman–Crippen MR) is 86.4 cm³/mol. The van der Waals surface area contributed by atoms with Crippen LogP contribution in [0.4, 0.5) is 0 Å². The molecule has 21 heavy (non-hydrogen) atoms. The van der Waals surface area contributed by atoms with E-state index in [1.54, 1.807) is 0 Å². The van der Waals surface area contributed by atoms with Crippen LogP contribution in [0.3, 0.4) is 0 Å². The van der Waals surface area contributed by atoms with Crippen LogP contribution in [0, 0.1) is 0 Å². The first-order valence-corrected chi connectivity index (χ1v) is 8.29. The molecule has 1 aliphatic heterocycles. The highest BCUT2D eigenvalue weighted by molar-refractivity contribution is 5.31. The second kappa shape index (κ2) is 6.07. The van der Waals surface area contributed by atoms with Gasteiger partial charge in [0.15, 0.2) is 0 Å². The van der Waals surface area contributed by atoms with E-state index in [1.807, 2.05) is 0 Å². The molecule has 3 rings (SSSR count). The summed E-state index contributed by atoms with van der Waals surface area (Å²) < 4.78 is 0. The smallest absolute Gasteiger partial charge is 0.0947 e. The van der Waals surface area contributed by atoms with E-state index >= 15 is 0 Å². The summed E-state index contributed by atoms with van der Waals surface area (Å²) in [7, 11) is 2.21. The minimum Gasteiger partial charge on any atom is -0.387 e. The average molecular weight is 288 g/mol. The molecule has 0 aromatic heterocycles. The molecule has 1 fully saturated rings. The standard InChI is InChI=1S/C18H28N2O/c1-13-11-20(12-14(2)19(13)3)17-10-6-8-15-7-4-5-9-16(15)18(17)21/h4-5,7,9,13-14,17-18,21H,6,8,10-12H2,1-3H3. The number of aryl methyl sites for hydroxylation is 1. The van der Waals surface area contributed by atoms with Crippen molar-refractivity contribution in [1.82, 2.24) is 9.80 Å². The highest BCUT2D eigenvalue weighted by Gasteiger charge is 2.35. The molecule has 1 aliphatic carbocycles. The molecule has 4 unspecified atom stereocenters. The van der Waals surface area contributed by atoms with Crippen molar-refractivity contribution in [2.45, 2.75) is 57.3 Å². The predicted octanol–water partition coefficient (Wildman–Crippen LogP) is 2.45. The number of piperazine rings is 1. The monoisotopic (exact) mass is 288 g/mol. The van der Waals surface area contributed by atoms with E-state index in [2.05, 4.69) is 55.0 Å². The summed E-state index contributed by atoms with van der Waals surface area (Å²) in [6.45, 7) is 6.70. The van der Waals surface area contributed by atoms with Gasteiger partial charge in [-0.15, -0.1) is 0 Å². The summed E-state index contributed by atoms with van der Waals surface area (Å²) in [5.74, 6) is 0. The minimum atomic E-state index is -0.341. The molecular weight excluding hydrogens is 260 g/mol. The number of aliphatic hydroxyl groups excluding tert-OH is 1. The van der Waals surface area contributed by atoms with Gasteiger partial charge in [-0.25, -0.2) is 0 Å². The third kappa shape index (κ3) is 2.87. The average Bonchev–Trinajstić information content (AvgIpc) is 2.64. The summed E-state index contributed by atoms with van der Waals surface area (Å²) in [6, 6.07) is 9.81. The molecule has 4 atom stereocenters. The van der Waals surface area contributed by atoms with Gasteiger partial charge in [-0.3, -0.25) is 9.80 Å². The van der Waals surface area contributed by atoms with Crippen LogP contribution < -0.4 is 0 Å². The van der Waals surface area contributed by atoms with Crippen molar-refractivity contribution >= 4 is 0 Å². The maximum Gasteiger partial charge on any atom is 0.0947 e. The fraction of sp³-hybridized carbons (Fsp3) is 0.667. The molecule has 116 valence electrons. The minimum absolute atomic E-state index is 0.271. The van der Waals surface area contributed by atoms with Gasteiger partial charge in [-0.05, 0) is 51.3 Å². The molecule has 3 nitrogen and oxygen atoms in total. The molecular formula is C18H28N2O. The summed E-state index contributed by atoms with van der Waals surface area (Å²) in [4.78, 5) is 4.98. The molecule has 0 spiro atoms. The molecule has 3 heteroatoms. The SMILES string of the molecule is CC1CN(C2CCCc3ccccc3C2O)CC(C)N1C. The zero-order chi connectivity index (χ0) is 15.0. The van der Waals surface area contributed by atoms with Gasteiger partial charge < -0.3 is 5.11 Å². The lowest BCUT2D eigenvalue weighted by atomic mass is 9.96. The van der Waals surface area contributed by atoms with Crippen LogP contribution in [0.15, 0.2) is 24.3 Å². The van der Waals surface area contributed by atoms with Crippen molar-refractivity contribution < 1.29 is 5.11 Å². The second-order valence-electron chi connectivity index (χ2n) is 6.92. The molecule has 1 aromatic carbocycles. The van der Waals surface area contributed by atoms with Crippen molar-refractivity contribution in [2.24, 2.45) is 0 Å². The Morgan fingerprint density at radius 1 is 1.10 bits per heavy atom. The van der Waals surface area contributed by atoms with Gasteiger partial charge in [0.05, 0.1) is 6.10 Å². The number of fused-ring (bicyclic) bond motifs is 1. The molecule has 1 aromatic rings. The van der Waals surface area contributed by atoms with Crippen molar-refractivity contribution in [1.29, 1.82) is 0 Å². The zero-order valence-electron chi connectivity index (χ0n) is 13.5. The number of likely N-dealkylation sites (N-methyl/N-ethyl adjacent to an activating group) is 1. The lowest BCUT2D eigenvalue weighted by Gasteiger charge is -2.46. The Kier molecular flexibility index (Phi) is 4.34. The van der Waals surface area contributed by atoms with E-state index in [-0.39, 0.29) is 12.1 Å². The van der Waals surface area contributed by atoms with Crippen molar-refractivity contribution in [3.05, 3.63) is 35.4 Å². The van der Waals surface area contributed by atoms with Crippen LogP contribution in [0.5, 0.6) is 0 Å². The number of hydrogen-bond acceptors (Lipinski definition) is 3. The zero-order valence-corrected chi connectivity index (χ0v) is 13.5. The first-order chi connectivity index (χ1) is 10.1. The number of nitrogens with zero attached hydrogens (tertiary/aromatic N) is 2. The van der Waals surface area contributed by atoms with E-state index in [9.17, 15) is 5.11 Å². The third-order valence-electron chi connectivity index (χ3n) is 5.54. The number of rotatable bonds is 1. The van der Waals surface area contributed by atoms with E-state index < -0.39 is 0 Å². The van der Waals surface area contributed by atoms with E-state index in [1.165, 1.54) is 12.0 Å². The van der Waals surface area contributed by atoms with Crippen LogP contribution >= 0.6 is 0 Å². The van der Waals surface area contributed by atoms with Crippen molar-refractivity contribution in [2.75, 3.05) is 20.1 Å². The summed E-state index contributed by atoms with van der Waals surface area (Å²) in [5.41, 5.74) is 2.49. The maximum absolute atomic E-state index is 10.9. The van der Waals surface area contributed by atoms with Crippen molar-refractivity contribution in [3.8, 4) is 0 Å². The van der Waals surface area contributed by atoms with E-state index in [4.69, 9.17) is 0 Å². The fourth-order valence-corrected chi connectivity index (χ4v) is 4.02. The lowest BCUT2D eigenvalue weighted by molar-refractivity contribution is -0.0170. The molecule has 0 saturated carbocycles. The molecule has 1 heterocycles. The van der Waals surface area contributed by atoms with Gasteiger partial charge >= 0.3 is 0 Å². The van der Waals surface area contributed by atoms with Gasteiger partial charge in [0.1, 0.15) is 0 Å². The first-order valence-electron chi connectivity index (χ1n) is 8.29. The Balaban J connectivity index is 1.82. The Hall–Kier alpha value is -0.900. The molecule has 0 radical (unpaired) electrons. The van der Waals surface area contributed by atoms with Crippen LogP contribution in [0.25, 0.3) is 0 Å². The van der Waals surface area contributed by atoms with Gasteiger partial charge in [0.25, 0.3) is 0 Å². The number of aliphatic hydroxyl groups is 1. The van der Waals surface area contributed by atoms with Gasteiger partial charge in [0.2, 0.25) is 0 Å². The topological polar surface area (TPSA) is 26.7 Å². The van der Waals surface area contributed by atoms with Gasteiger partial charge in [-0.2, -0.15) is 0 Å². The normalized spacial score (nSPS) is 35.2. The fourth-order valence-electron chi connectivity index (χ4n) is 4.02. The summed E-state index contributed by atoms with van der Waals surface area (Å²) in [5, 5.41) is 10.9. The van der Waals surface area contributed by atoms with Crippen LogP contribution in [0.2, 0.25) is 0 Å². The highest BCUT2D eigenvalue weighted by atomic mass is 16.3. The van der Waals surface area contributed by atoms with Crippen LogP contribution in [0.1, 0.15) is 43.9 Å².